The second-order valence-corrected chi connectivity index (χ2v) is 6.51. The normalized spacial score (nSPS) is 10.8. The molecule has 0 saturated carbocycles. The predicted octanol–water partition coefficient (Wildman–Crippen LogP) is 3.82. The average Bonchev–Trinajstić information content (AvgIpc) is 3.13. The lowest BCUT2D eigenvalue weighted by atomic mass is 10.2. The summed E-state index contributed by atoms with van der Waals surface area (Å²) in [5, 5.41) is 11.6. The largest absolute Gasteiger partial charge is 0.321 e. The fourth-order valence-corrected chi connectivity index (χ4v) is 2.83. The van der Waals surface area contributed by atoms with E-state index < -0.39 is 0 Å². The highest BCUT2D eigenvalue weighted by Crippen LogP contribution is 2.18. The second-order valence-electron chi connectivity index (χ2n) is 5.19. The van der Waals surface area contributed by atoms with Gasteiger partial charge in [0.15, 0.2) is 5.69 Å². The van der Waals surface area contributed by atoms with Crippen molar-refractivity contribution in [2.45, 2.75) is 20.0 Å². The van der Waals surface area contributed by atoms with Crippen LogP contribution >= 0.6 is 27.5 Å². The van der Waals surface area contributed by atoms with Crippen molar-refractivity contribution in [3.63, 3.8) is 0 Å². The minimum Gasteiger partial charge on any atom is -0.321 e. The molecule has 1 N–H and O–H groups in total. The minimum atomic E-state index is -0.328. The number of anilines is 1. The van der Waals surface area contributed by atoms with Gasteiger partial charge in [-0.1, -0.05) is 23.7 Å². The number of carbonyl (C=O) groups excluding carboxylic acids is 1. The molecule has 0 saturated heterocycles. The Morgan fingerprint density at radius 1 is 1.33 bits per heavy atom. The minimum absolute atomic E-state index is 0.222. The Hall–Kier alpha value is -2.12. The molecule has 124 valence electrons. The summed E-state index contributed by atoms with van der Waals surface area (Å²) in [6.07, 6.45) is 5.27. The SMILES string of the molecule is CCn1cc(Cl)c(C(=O)Nc2cccc(Cn3cc(Br)cn3)c2)n1. The molecule has 1 aromatic carbocycles. The highest BCUT2D eigenvalue weighted by Gasteiger charge is 2.15. The van der Waals surface area contributed by atoms with E-state index in [2.05, 4.69) is 31.4 Å². The number of rotatable bonds is 5. The van der Waals surface area contributed by atoms with Gasteiger partial charge in [-0.3, -0.25) is 14.2 Å². The third kappa shape index (κ3) is 3.85. The monoisotopic (exact) mass is 407 g/mol. The van der Waals surface area contributed by atoms with Crippen molar-refractivity contribution < 1.29 is 4.79 Å². The number of aryl methyl sites for hydroxylation is 1. The van der Waals surface area contributed by atoms with Crippen LogP contribution in [0.2, 0.25) is 5.02 Å². The quantitative estimate of drug-likeness (QED) is 0.698. The fraction of sp³-hybridized carbons (Fsp3) is 0.188. The van der Waals surface area contributed by atoms with E-state index in [9.17, 15) is 4.79 Å². The molecule has 0 spiro atoms. The van der Waals surface area contributed by atoms with Gasteiger partial charge in [0.2, 0.25) is 0 Å². The smallest absolute Gasteiger partial charge is 0.277 e. The zero-order valence-corrected chi connectivity index (χ0v) is 15.3. The summed E-state index contributed by atoms with van der Waals surface area (Å²) in [5.74, 6) is -0.328. The molecule has 0 aliphatic heterocycles. The van der Waals surface area contributed by atoms with E-state index in [0.29, 0.717) is 23.8 Å². The third-order valence-electron chi connectivity index (χ3n) is 3.39. The number of carbonyl (C=O) groups is 1. The molecule has 0 unspecified atom stereocenters. The van der Waals surface area contributed by atoms with Gasteiger partial charge in [0, 0.05) is 24.6 Å². The lowest BCUT2D eigenvalue weighted by Crippen LogP contribution is -2.14. The summed E-state index contributed by atoms with van der Waals surface area (Å²) in [7, 11) is 0. The van der Waals surface area contributed by atoms with Crippen LogP contribution in [0.15, 0.2) is 47.3 Å². The molecule has 1 amide bonds. The molecule has 3 aromatic rings. The average molecular weight is 409 g/mol. The van der Waals surface area contributed by atoms with Crippen LogP contribution in [0.5, 0.6) is 0 Å². The number of nitrogens with zero attached hydrogens (tertiary/aromatic N) is 4. The Morgan fingerprint density at radius 3 is 2.83 bits per heavy atom. The fourth-order valence-electron chi connectivity index (χ4n) is 2.26. The van der Waals surface area contributed by atoms with Crippen LogP contribution in [0.3, 0.4) is 0 Å². The number of hydrogen-bond donors (Lipinski definition) is 1. The Labute approximate surface area is 152 Å². The zero-order valence-electron chi connectivity index (χ0n) is 12.9. The van der Waals surface area contributed by atoms with Crippen LogP contribution < -0.4 is 5.32 Å². The van der Waals surface area contributed by atoms with Gasteiger partial charge in [-0.2, -0.15) is 10.2 Å². The van der Waals surface area contributed by atoms with Gasteiger partial charge in [0.25, 0.3) is 5.91 Å². The summed E-state index contributed by atoms with van der Waals surface area (Å²) < 4.78 is 4.36. The standard InChI is InChI=1S/C16H15BrClN5O/c1-2-22-10-14(18)15(21-22)16(24)20-13-5-3-4-11(6-13)8-23-9-12(17)7-19-23/h3-7,9-10H,2,8H2,1H3,(H,20,24). The van der Waals surface area contributed by atoms with E-state index >= 15 is 0 Å². The van der Waals surface area contributed by atoms with Crippen LogP contribution in [0.4, 0.5) is 5.69 Å². The van der Waals surface area contributed by atoms with Gasteiger partial charge in [-0.05, 0) is 40.5 Å². The lowest BCUT2D eigenvalue weighted by molar-refractivity contribution is 0.102. The molecular weight excluding hydrogens is 394 g/mol. The number of halogens is 2. The van der Waals surface area contributed by atoms with Crippen molar-refractivity contribution in [3.05, 3.63) is 63.6 Å². The first-order valence-corrected chi connectivity index (χ1v) is 8.53. The number of benzene rings is 1. The number of hydrogen-bond acceptors (Lipinski definition) is 3. The highest BCUT2D eigenvalue weighted by molar-refractivity contribution is 9.10. The van der Waals surface area contributed by atoms with Gasteiger partial charge < -0.3 is 5.32 Å². The summed E-state index contributed by atoms with van der Waals surface area (Å²) in [5.41, 5.74) is 1.93. The van der Waals surface area contributed by atoms with Crippen LogP contribution in [-0.2, 0) is 13.1 Å². The first kappa shape index (κ1) is 16.7. The molecule has 0 fully saturated rings. The molecule has 2 aromatic heterocycles. The van der Waals surface area contributed by atoms with Gasteiger partial charge in [0.1, 0.15) is 0 Å². The maximum atomic E-state index is 12.3. The van der Waals surface area contributed by atoms with E-state index in [1.807, 2.05) is 42.1 Å². The Morgan fingerprint density at radius 2 is 2.17 bits per heavy atom. The molecular formula is C16H15BrClN5O. The molecule has 6 nitrogen and oxygen atoms in total. The van der Waals surface area contributed by atoms with Crippen LogP contribution in [0.25, 0.3) is 0 Å². The van der Waals surface area contributed by atoms with E-state index in [4.69, 9.17) is 11.6 Å². The third-order valence-corrected chi connectivity index (χ3v) is 4.07. The van der Waals surface area contributed by atoms with Crippen LogP contribution in [0, 0.1) is 0 Å². The van der Waals surface area contributed by atoms with Gasteiger partial charge in [-0.15, -0.1) is 0 Å². The van der Waals surface area contributed by atoms with Gasteiger partial charge in [0.05, 0.1) is 22.2 Å². The molecule has 0 bridgehead atoms. The maximum Gasteiger partial charge on any atom is 0.277 e. The molecule has 0 radical (unpaired) electrons. The number of aromatic nitrogens is 4. The van der Waals surface area contributed by atoms with Crippen LogP contribution in [0.1, 0.15) is 23.0 Å². The highest BCUT2D eigenvalue weighted by atomic mass is 79.9. The Bertz CT molecular complexity index is 873. The van der Waals surface area contributed by atoms with E-state index in [0.717, 1.165) is 10.0 Å². The maximum absolute atomic E-state index is 12.3. The summed E-state index contributed by atoms with van der Waals surface area (Å²) in [6.45, 7) is 3.20. The van der Waals surface area contributed by atoms with Crippen molar-refractivity contribution in [1.29, 1.82) is 0 Å². The van der Waals surface area contributed by atoms with E-state index in [1.54, 1.807) is 17.1 Å². The van der Waals surface area contributed by atoms with Crippen molar-refractivity contribution in [1.82, 2.24) is 19.6 Å². The summed E-state index contributed by atoms with van der Waals surface area (Å²) in [4.78, 5) is 12.3. The Balaban J connectivity index is 1.74. The van der Waals surface area contributed by atoms with Gasteiger partial charge >= 0.3 is 0 Å². The Kier molecular flexibility index (Phi) is 5.01. The van der Waals surface area contributed by atoms with Crippen molar-refractivity contribution in [2.24, 2.45) is 0 Å². The molecule has 3 rings (SSSR count). The van der Waals surface area contributed by atoms with Crippen molar-refractivity contribution in [3.8, 4) is 0 Å². The summed E-state index contributed by atoms with van der Waals surface area (Å²) >= 11 is 9.44. The summed E-state index contributed by atoms with van der Waals surface area (Å²) in [6, 6.07) is 7.59. The van der Waals surface area contributed by atoms with E-state index in [1.165, 1.54) is 0 Å². The topological polar surface area (TPSA) is 64.7 Å². The zero-order chi connectivity index (χ0) is 17.1. The van der Waals surface area contributed by atoms with Crippen molar-refractivity contribution >= 4 is 39.1 Å². The molecule has 0 aliphatic rings. The molecule has 24 heavy (non-hydrogen) atoms. The van der Waals surface area contributed by atoms with E-state index in [-0.39, 0.29) is 11.6 Å². The molecule has 0 atom stereocenters. The van der Waals surface area contributed by atoms with Crippen LogP contribution in [-0.4, -0.2) is 25.5 Å². The van der Waals surface area contributed by atoms with Gasteiger partial charge in [-0.25, -0.2) is 0 Å². The second kappa shape index (κ2) is 7.19. The molecule has 0 aliphatic carbocycles. The molecule has 2 heterocycles. The first-order chi connectivity index (χ1) is 11.5. The lowest BCUT2D eigenvalue weighted by Gasteiger charge is -2.07. The first-order valence-electron chi connectivity index (χ1n) is 7.36. The number of nitrogens with one attached hydrogen (secondary N) is 1. The van der Waals surface area contributed by atoms with Crippen molar-refractivity contribution in [2.75, 3.05) is 5.32 Å². The molecule has 8 heteroatoms. The number of amides is 1. The predicted molar refractivity (Wildman–Crippen MR) is 96.3 cm³/mol.